The monoisotopic (exact) mass is 281 g/mol. The predicted octanol–water partition coefficient (Wildman–Crippen LogP) is -0.566. The molecule has 8 nitrogen and oxygen atoms in total. The summed E-state index contributed by atoms with van der Waals surface area (Å²) in [4.78, 5) is 24.7. The van der Waals surface area contributed by atoms with Crippen molar-refractivity contribution in [3.63, 3.8) is 0 Å². The van der Waals surface area contributed by atoms with Gasteiger partial charge >= 0.3 is 5.97 Å². The van der Waals surface area contributed by atoms with Crippen LogP contribution in [0.4, 0.5) is 0 Å². The molecule has 1 saturated heterocycles. The zero-order chi connectivity index (χ0) is 14.8. The molecule has 8 heteroatoms. The zero-order valence-electron chi connectivity index (χ0n) is 11.7. The Morgan fingerprint density at radius 3 is 2.85 bits per heavy atom. The maximum Gasteiger partial charge on any atom is 0.358 e. The molecule has 1 aliphatic heterocycles. The van der Waals surface area contributed by atoms with E-state index in [1.54, 1.807) is 7.05 Å². The number of aromatic carboxylic acids is 1. The Balaban J connectivity index is 1.86. The fourth-order valence-corrected chi connectivity index (χ4v) is 2.48. The summed E-state index contributed by atoms with van der Waals surface area (Å²) in [7, 11) is 1.65. The van der Waals surface area contributed by atoms with Gasteiger partial charge in [-0.05, 0) is 19.9 Å². The van der Waals surface area contributed by atoms with Gasteiger partial charge in [-0.15, -0.1) is 5.10 Å². The number of likely N-dealkylation sites (tertiary alicyclic amines) is 1. The molecular formula is C12H19N5O3. The Kier molecular flexibility index (Phi) is 4.03. The van der Waals surface area contributed by atoms with Gasteiger partial charge in [0.15, 0.2) is 5.69 Å². The van der Waals surface area contributed by atoms with E-state index in [4.69, 9.17) is 5.11 Å². The smallest absolute Gasteiger partial charge is 0.358 e. The van der Waals surface area contributed by atoms with Crippen molar-refractivity contribution in [3.05, 3.63) is 11.9 Å². The highest BCUT2D eigenvalue weighted by atomic mass is 16.4. The standard InChI is InChI=1S/C12H19N5O3/c1-12(11(20)13-2)3-4-16(8-12)5-6-17-7-9(10(18)19)14-15-17/h7H,3-6,8H2,1-2H3,(H,13,20)(H,18,19). The molecule has 1 unspecified atom stereocenters. The number of amides is 1. The molecule has 0 aromatic carbocycles. The number of carbonyl (C=O) groups is 2. The number of rotatable bonds is 5. The van der Waals surface area contributed by atoms with Gasteiger partial charge in [-0.2, -0.15) is 0 Å². The fraction of sp³-hybridized carbons (Fsp3) is 0.667. The molecule has 110 valence electrons. The van der Waals surface area contributed by atoms with Crippen molar-refractivity contribution in [2.45, 2.75) is 19.9 Å². The normalized spacial score (nSPS) is 22.9. The quantitative estimate of drug-likeness (QED) is 0.750. The Labute approximate surface area is 116 Å². The first kappa shape index (κ1) is 14.4. The van der Waals surface area contributed by atoms with E-state index in [9.17, 15) is 9.59 Å². The van der Waals surface area contributed by atoms with E-state index in [0.29, 0.717) is 13.1 Å². The third-order valence-electron chi connectivity index (χ3n) is 3.73. The summed E-state index contributed by atoms with van der Waals surface area (Å²) in [5.74, 6) is -1.02. The van der Waals surface area contributed by atoms with Crippen LogP contribution in [0.2, 0.25) is 0 Å². The van der Waals surface area contributed by atoms with Gasteiger partial charge in [0.05, 0.1) is 18.2 Å². The lowest BCUT2D eigenvalue weighted by atomic mass is 9.89. The van der Waals surface area contributed by atoms with E-state index in [1.165, 1.54) is 10.9 Å². The maximum absolute atomic E-state index is 11.8. The number of nitrogens with zero attached hydrogens (tertiary/aromatic N) is 4. The van der Waals surface area contributed by atoms with Crippen LogP contribution >= 0.6 is 0 Å². The minimum Gasteiger partial charge on any atom is -0.476 e. The van der Waals surface area contributed by atoms with Crippen LogP contribution in [0.25, 0.3) is 0 Å². The minimum atomic E-state index is -1.08. The van der Waals surface area contributed by atoms with Gasteiger partial charge in [0.1, 0.15) is 0 Å². The number of aromatic nitrogens is 3. The van der Waals surface area contributed by atoms with E-state index in [1.807, 2.05) is 6.92 Å². The Bertz CT molecular complexity index is 515. The van der Waals surface area contributed by atoms with E-state index in [0.717, 1.165) is 19.5 Å². The Morgan fingerprint density at radius 2 is 2.25 bits per heavy atom. The third-order valence-corrected chi connectivity index (χ3v) is 3.73. The first-order chi connectivity index (χ1) is 9.44. The summed E-state index contributed by atoms with van der Waals surface area (Å²) < 4.78 is 1.51. The predicted molar refractivity (Wildman–Crippen MR) is 70.2 cm³/mol. The van der Waals surface area contributed by atoms with Crippen LogP contribution in [0.15, 0.2) is 6.20 Å². The SMILES string of the molecule is CNC(=O)C1(C)CCN(CCn2cc(C(=O)O)nn2)C1. The fourth-order valence-electron chi connectivity index (χ4n) is 2.48. The molecule has 0 spiro atoms. The van der Waals surface area contributed by atoms with Crippen LogP contribution < -0.4 is 5.32 Å². The molecule has 2 N–H and O–H groups in total. The molecule has 2 heterocycles. The van der Waals surface area contributed by atoms with Gasteiger partial charge in [0.25, 0.3) is 0 Å². The summed E-state index contributed by atoms with van der Waals surface area (Å²) >= 11 is 0. The lowest BCUT2D eigenvalue weighted by Gasteiger charge is -2.22. The van der Waals surface area contributed by atoms with Gasteiger partial charge in [0.2, 0.25) is 5.91 Å². The number of carboxylic acid groups (broad SMARTS) is 1. The molecule has 2 rings (SSSR count). The van der Waals surface area contributed by atoms with Crippen molar-refractivity contribution in [2.24, 2.45) is 5.41 Å². The van der Waals surface area contributed by atoms with Crippen LogP contribution in [0, 0.1) is 5.41 Å². The van der Waals surface area contributed by atoms with Crippen LogP contribution in [-0.2, 0) is 11.3 Å². The third kappa shape index (κ3) is 2.96. The van der Waals surface area contributed by atoms with Crippen LogP contribution in [-0.4, -0.2) is 63.6 Å². The Morgan fingerprint density at radius 1 is 1.50 bits per heavy atom. The molecule has 1 aliphatic rings. The second kappa shape index (κ2) is 5.58. The first-order valence-electron chi connectivity index (χ1n) is 6.52. The first-order valence-corrected chi connectivity index (χ1v) is 6.52. The summed E-state index contributed by atoms with van der Waals surface area (Å²) in [6.45, 7) is 4.79. The highest BCUT2D eigenvalue weighted by Gasteiger charge is 2.39. The number of carboxylic acids is 1. The summed E-state index contributed by atoms with van der Waals surface area (Å²) in [6, 6.07) is 0. The van der Waals surface area contributed by atoms with Gasteiger partial charge in [-0.1, -0.05) is 5.21 Å². The molecule has 1 aromatic heterocycles. The van der Waals surface area contributed by atoms with Crippen molar-refractivity contribution in [3.8, 4) is 0 Å². The van der Waals surface area contributed by atoms with E-state index >= 15 is 0 Å². The van der Waals surface area contributed by atoms with Gasteiger partial charge < -0.3 is 15.3 Å². The zero-order valence-corrected chi connectivity index (χ0v) is 11.7. The van der Waals surface area contributed by atoms with Crippen LogP contribution in [0.3, 0.4) is 0 Å². The van der Waals surface area contributed by atoms with E-state index < -0.39 is 5.97 Å². The number of hydrogen-bond acceptors (Lipinski definition) is 5. The van der Waals surface area contributed by atoms with Crippen LogP contribution in [0.5, 0.6) is 0 Å². The van der Waals surface area contributed by atoms with Crippen molar-refractivity contribution in [1.82, 2.24) is 25.2 Å². The lowest BCUT2D eigenvalue weighted by Crippen LogP contribution is -2.39. The van der Waals surface area contributed by atoms with Crippen molar-refractivity contribution in [2.75, 3.05) is 26.7 Å². The molecule has 1 aromatic rings. The van der Waals surface area contributed by atoms with Crippen LogP contribution in [0.1, 0.15) is 23.8 Å². The second-order valence-electron chi connectivity index (χ2n) is 5.34. The highest BCUT2D eigenvalue weighted by molar-refractivity contribution is 5.84. The average Bonchev–Trinajstić information content (AvgIpc) is 3.03. The van der Waals surface area contributed by atoms with Gasteiger partial charge in [0, 0.05) is 20.1 Å². The Hall–Kier alpha value is -1.96. The molecule has 1 amide bonds. The molecule has 1 fully saturated rings. The molecule has 20 heavy (non-hydrogen) atoms. The average molecular weight is 281 g/mol. The number of hydrogen-bond donors (Lipinski definition) is 2. The van der Waals surface area contributed by atoms with E-state index in [2.05, 4.69) is 20.5 Å². The van der Waals surface area contributed by atoms with Gasteiger partial charge in [-0.3, -0.25) is 9.48 Å². The molecule has 0 radical (unpaired) electrons. The summed E-state index contributed by atoms with van der Waals surface area (Å²) in [5, 5.41) is 18.8. The summed E-state index contributed by atoms with van der Waals surface area (Å²) in [5.41, 5.74) is -0.398. The number of carbonyl (C=O) groups excluding carboxylic acids is 1. The van der Waals surface area contributed by atoms with Crippen molar-refractivity contribution < 1.29 is 14.7 Å². The maximum atomic E-state index is 11.8. The molecular weight excluding hydrogens is 262 g/mol. The number of nitrogens with one attached hydrogen (secondary N) is 1. The topological polar surface area (TPSA) is 100 Å². The molecule has 0 bridgehead atoms. The van der Waals surface area contributed by atoms with Gasteiger partial charge in [-0.25, -0.2) is 4.79 Å². The van der Waals surface area contributed by atoms with E-state index in [-0.39, 0.29) is 17.0 Å². The molecule has 0 saturated carbocycles. The largest absolute Gasteiger partial charge is 0.476 e. The second-order valence-corrected chi connectivity index (χ2v) is 5.34. The highest BCUT2D eigenvalue weighted by Crippen LogP contribution is 2.29. The molecule has 0 aliphatic carbocycles. The molecule has 1 atom stereocenters. The lowest BCUT2D eigenvalue weighted by molar-refractivity contribution is -0.129. The van der Waals surface area contributed by atoms with Crippen molar-refractivity contribution in [1.29, 1.82) is 0 Å². The van der Waals surface area contributed by atoms with Crippen molar-refractivity contribution >= 4 is 11.9 Å². The minimum absolute atomic E-state index is 0.0541. The summed E-state index contributed by atoms with van der Waals surface area (Å²) in [6.07, 6.45) is 2.24.